The van der Waals surface area contributed by atoms with Crippen molar-refractivity contribution < 1.29 is 18.0 Å². The fourth-order valence-electron chi connectivity index (χ4n) is 4.25. The summed E-state index contributed by atoms with van der Waals surface area (Å²) in [7, 11) is -4.02. The Morgan fingerprint density at radius 3 is 2.56 bits per heavy atom. The van der Waals surface area contributed by atoms with Gasteiger partial charge in [0.15, 0.2) is 0 Å². The Kier molecular flexibility index (Phi) is 6.80. The number of nitrogens with one attached hydrogen (secondary N) is 2. The molecule has 1 aromatic carbocycles. The zero-order valence-corrected chi connectivity index (χ0v) is 19.5. The van der Waals surface area contributed by atoms with Crippen LogP contribution in [0.3, 0.4) is 0 Å². The minimum Gasteiger partial charge on any atom is -0.385 e. The van der Waals surface area contributed by atoms with Crippen LogP contribution in [0.2, 0.25) is 0 Å². The number of nitrogens with zero attached hydrogens (tertiary/aromatic N) is 3. The predicted molar refractivity (Wildman–Crippen MR) is 128 cm³/mol. The van der Waals surface area contributed by atoms with E-state index in [4.69, 9.17) is 11.5 Å². The maximum absolute atomic E-state index is 13.5. The second-order valence-corrected chi connectivity index (χ2v) is 9.97. The molecule has 0 spiro atoms. The summed E-state index contributed by atoms with van der Waals surface area (Å²) in [4.78, 5) is 31.2. The van der Waals surface area contributed by atoms with E-state index in [-0.39, 0.29) is 23.8 Å². The molecular formula is C22H29N7O4S. The minimum atomic E-state index is -4.02. The van der Waals surface area contributed by atoms with Crippen molar-refractivity contribution in [3.05, 3.63) is 48.8 Å². The minimum absolute atomic E-state index is 0.0975. The molecule has 0 bridgehead atoms. The SMILES string of the molecule is NC(=O)N1CCCN(C(=O)C(CCn2cccc2N)NS(=O)(=O)c2cccc3[nH]ccc23)CC1. The van der Waals surface area contributed by atoms with Crippen LogP contribution in [-0.4, -0.2) is 71.9 Å². The van der Waals surface area contributed by atoms with Crippen molar-refractivity contribution in [3.63, 3.8) is 0 Å². The van der Waals surface area contributed by atoms with Gasteiger partial charge in [0.2, 0.25) is 15.9 Å². The molecule has 0 radical (unpaired) electrons. The standard InChI is InChI=1S/C22H29N7O4S/c23-20-6-2-10-27(20)13-8-18(21(30)28-11-3-12-29(15-14-28)22(24)31)26-34(32,33)19-5-1-4-17-16(19)7-9-25-17/h1-2,4-7,9-10,18,25-26H,3,8,11-15,23H2,(H2,24,31). The van der Waals surface area contributed by atoms with E-state index in [1.165, 1.54) is 11.0 Å². The second-order valence-electron chi connectivity index (χ2n) is 8.29. The summed E-state index contributed by atoms with van der Waals surface area (Å²) in [6.45, 7) is 1.78. The highest BCUT2D eigenvalue weighted by atomic mass is 32.2. The number of hydrogen-bond acceptors (Lipinski definition) is 5. The summed E-state index contributed by atoms with van der Waals surface area (Å²) in [6, 6.07) is 8.62. The van der Waals surface area contributed by atoms with Gasteiger partial charge in [0.05, 0.1) is 4.90 Å². The van der Waals surface area contributed by atoms with Gasteiger partial charge in [-0.05, 0) is 43.2 Å². The lowest BCUT2D eigenvalue weighted by Crippen LogP contribution is -2.50. The predicted octanol–water partition coefficient (Wildman–Crippen LogP) is 0.902. The molecule has 2 aromatic heterocycles. The average molecular weight is 488 g/mol. The van der Waals surface area contributed by atoms with Gasteiger partial charge in [-0.3, -0.25) is 4.79 Å². The molecule has 34 heavy (non-hydrogen) atoms. The van der Waals surface area contributed by atoms with Gasteiger partial charge in [-0.15, -0.1) is 0 Å². The zero-order chi connectivity index (χ0) is 24.3. The first-order valence-corrected chi connectivity index (χ1v) is 12.6. The van der Waals surface area contributed by atoms with Crippen molar-refractivity contribution in [2.24, 2.45) is 5.73 Å². The number of hydrogen-bond donors (Lipinski definition) is 4. The van der Waals surface area contributed by atoms with Crippen LogP contribution in [0.5, 0.6) is 0 Å². The molecule has 12 heteroatoms. The van der Waals surface area contributed by atoms with Crippen molar-refractivity contribution in [2.45, 2.75) is 30.3 Å². The number of H-pyrrole nitrogens is 1. The number of aryl methyl sites for hydroxylation is 1. The van der Waals surface area contributed by atoms with E-state index in [9.17, 15) is 18.0 Å². The van der Waals surface area contributed by atoms with Crippen molar-refractivity contribution in [3.8, 4) is 0 Å². The number of carbonyl (C=O) groups excluding carboxylic acids is 2. The summed E-state index contributed by atoms with van der Waals surface area (Å²) >= 11 is 0. The van der Waals surface area contributed by atoms with E-state index in [1.54, 1.807) is 52.2 Å². The Bertz CT molecular complexity index is 1280. The van der Waals surface area contributed by atoms with Crippen LogP contribution in [0.15, 0.2) is 53.7 Å². The molecular weight excluding hydrogens is 458 g/mol. The number of amides is 3. The molecule has 6 N–H and O–H groups in total. The largest absolute Gasteiger partial charge is 0.385 e. The lowest BCUT2D eigenvalue weighted by Gasteiger charge is -2.27. The molecule has 3 aromatic rings. The maximum atomic E-state index is 13.5. The van der Waals surface area contributed by atoms with Crippen LogP contribution in [0.1, 0.15) is 12.8 Å². The highest BCUT2D eigenvalue weighted by Crippen LogP contribution is 2.23. The van der Waals surface area contributed by atoms with E-state index in [1.807, 2.05) is 0 Å². The molecule has 1 atom stereocenters. The van der Waals surface area contributed by atoms with E-state index < -0.39 is 22.1 Å². The molecule has 1 saturated heterocycles. The van der Waals surface area contributed by atoms with Crippen LogP contribution in [0.4, 0.5) is 10.6 Å². The number of nitrogen functional groups attached to an aromatic ring is 1. The van der Waals surface area contributed by atoms with Crippen LogP contribution in [0, 0.1) is 0 Å². The fraction of sp³-hybridized carbons (Fsp3) is 0.364. The summed E-state index contributed by atoms with van der Waals surface area (Å²) in [5.41, 5.74) is 12.0. The molecule has 1 aliphatic rings. The molecule has 3 heterocycles. The summed E-state index contributed by atoms with van der Waals surface area (Å²) < 4.78 is 31.2. The number of aromatic nitrogens is 2. The normalized spacial score (nSPS) is 15.9. The van der Waals surface area contributed by atoms with Gasteiger partial charge in [-0.2, -0.15) is 4.72 Å². The average Bonchev–Trinajstić information content (AvgIpc) is 3.37. The number of urea groups is 1. The van der Waals surface area contributed by atoms with Crippen LogP contribution in [-0.2, 0) is 21.4 Å². The number of fused-ring (bicyclic) bond motifs is 1. The van der Waals surface area contributed by atoms with Crippen molar-refractivity contribution in [1.29, 1.82) is 0 Å². The Morgan fingerprint density at radius 1 is 1.06 bits per heavy atom. The number of benzene rings is 1. The van der Waals surface area contributed by atoms with E-state index in [0.29, 0.717) is 49.3 Å². The molecule has 1 fully saturated rings. The Hall–Kier alpha value is -3.51. The molecule has 1 unspecified atom stereocenters. The van der Waals surface area contributed by atoms with Gasteiger partial charge >= 0.3 is 6.03 Å². The van der Waals surface area contributed by atoms with E-state index in [0.717, 1.165) is 0 Å². The topological polar surface area (TPSA) is 160 Å². The van der Waals surface area contributed by atoms with E-state index >= 15 is 0 Å². The lowest BCUT2D eigenvalue weighted by atomic mass is 10.2. The zero-order valence-electron chi connectivity index (χ0n) is 18.7. The number of primary amides is 1. The third kappa shape index (κ3) is 5.02. The monoisotopic (exact) mass is 487 g/mol. The molecule has 0 aliphatic carbocycles. The van der Waals surface area contributed by atoms with Gasteiger partial charge in [-0.25, -0.2) is 13.2 Å². The lowest BCUT2D eigenvalue weighted by molar-refractivity contribution is -0.133. The number of nitrogens with two attached hydrogens (primary N) is 2. The Morgan fingerprint density at radius 2 is 1.82 bits per heavy atom. The molecule has 182 valence electrons. The van der Waals surface area contributed by atoms with Gasteiger partial charge in [0.1, 0.15) is 11.9 Å². The van der Waals surface area contributed by atoms with E-state index in [2.05, 4.69) is 9.71 Å². The summed E-state index contributed by atoms with van der Waals surface area (Å²) in [6.07, 6.45) is 4.21. The number of rotatable bonds is 7. The Labute approximate surface area is 197 Å². The first kappa shape index (κ1) is 23.6. The van der Waals surface area contributed by atoms with Crippen LogP contribution in [0.25, 0.3) is 10.9 Å². The first-order valence-electron chi connectivity index (χ1n) is 11.1. The smallest absolute Gasteiger partial charge is 0.314 e. The fourth-order valence-corrected chi connectivity index (χ4v) is 5.70. The summed E-state index contributed by atoms with van der Waals surface area (Å²) in [5, 5.41) is 0.544. The van der Waals surface area contributed by atoms with Gasteiger partial charge in [0, 0.05) is 56.0 Å². The van der Waals surface area contributed by atoms with Gasteiger partial charge in [0.25, 0.3) is 0 Å². The number of aromatic amines is 1. The number of sulfonamides is 1. The number of carbonyl (C=O) groups is 2. The second kappa shape index (κ2) is 9.77. The van der Waals surface area contributed by atoms with Crippen LogP contribution >= 0.6 is 0 Å². The summed E-state index contributed by atoms with van der Waals surface area (Å²) in [5.74, 6) is 0.180. The molecule has 0 saturated carbocycles. The van der Waals surface area contributed by atoms with Crippen molar-refractivity contribution >= 4 is 38.7 Å². The highest BCUT2D eigenvalue weighted by molar-refractivity contribution is 7.89. The van der Waals surface area contributed by atoms with Crippen molar-refractivity contribution in [2.75, 3.05) is 31.9 Å². The van der Waals surface area contributed by atoms with Crippen molar-refractivity contribution in [1.82, 2.24) is 24.1 Å². The van der Waals surface area contributed by atoms with Crippen LogP contribution < -0.4 is 16.2 Å². The highest BCUT2D eigenvalue weighted by Gasteiger charge is 2.31. The third-order valence-electron chi connectivity index (χ3n) is 6.08. The number of anilines is 1. The van der Waals surface area contributed by atoms with Gasteiger partial charge in [-0.1, -0.05) is 6.07 Å². The third-order valence-corrected chi connectivity index (χ3v) is 7.61. The molecule has 11 nitrogen and oxygen atoms in total. The molecule has 4 rings (SSSR count). The molecule has 3 amide bonds. The quantitative estimate of drug-likeness (QED) is 0.389. The maximum Gasteiger partial charge on any atom is 0.314 e. The Balaban J connectivity index is 1.58. The van der Waals surface area contributed by atoms with Gasteiger partial charge < -0.3 is 30.8 Å². The molecule has 1 aliphatic heterocycles. The first-order chi connectivity index (χ1) is 16.3.